The van der Waals surface area contributed by atoms with Crippen LogP contribution in [0.25, 0.3) is 0 Å². The normalized spacial score (nSPS) is 27.1. The molecule has 2 fully saturated rings. The van der Waals surface area contributed by atoms with Crippen LogP contribution < -0.4 is 16.0 Å². The molecular weight excluding hydrogens is 353 g/mol. The first-order valence-electron chi connectivity index (χ1n) is 8.80. The van der Waals surface area contributed by atoms with Crippen molar-refractivity contribution in [3.8, 4) is 6.07 Å². The summed E-state index contributed by atoms with van der Waals surface area (Å²) in [6.07, 6.45) is -1.80. The van der Waals surface area contributed by atoms with Gasteiger partial charge in [0.25, 0.3) is 0 Å². The Morgan fingerprint density at radius 2 is 2.22 bits per heavy atom. The summed E-state index contributed by atoms with van der Waals surface area (Å²) in [6, 6.07) is 7.67. The third-order valence-corrected chi connectivity index (χ3v) is 5.23. The number of halogens is 1. The summed E-state index contributed by atoms with van der Waals surface area (Å²) in [5, 5.41) is 12.8. The molecule has 0 spiro atoms. The SMILES string of the molecule is CC(C(N)=O)C1OC(=O)N(c2cccc(F)c2)C1(CC#N)N1CCNCC1. The van der Waals surface area contributed by atoms with Gasteiger partial charge >= 0.3 is 6.09 Å². The van der Waals surface area contributed by atoms with Crippen LogP contribution in [0.2, 0.25) is 0 Å². The number of rotatable bonds is 5. The lowest BCUT2D eigenvalue weighted by atomic mass is 9.86. The monoisotopic (exact) mass is 375 g/mol. The summed E-state index contributed by atoms with van der Waals surface area (Å²) in [5.74, 6) is -1.97. The van der Waals surface area contributed by atoms with E-state index in [1.54, 1.807) is 13.0 Å². The lowest BCUT2D eigenvalue weighted by Gasteiger charge is -2.48. The third kappa shape index (κ3) is 3.22. The van der Waals surface area contributed by atoms with Crippen LogP contribution in [0, 0.1) is 23.1 Å². The number of hydrogen-bond acceptors (Lipinski definition) is 6. The number of nitriles is 1. The maximum absolute atomic E-state index is 13.9. The summed E-state index contributed by atoms with van der Waals surface area (Å²) >= 11 is 0. The molecule has 2 heterocycles. The summed E-state index contributed by atoms with van der Waals surface area (Å²) in [4.78, 5) is 28.0. The number of benzene rings is 1. The van der Waals surface area contributed by atoms with Crippen LogP contribution in [0.3, 0.4) is 0 Å². The van der Waals surface area contributed by atoms with E-state index in [4.69, 9.17) is 10.5 Å². The molecule has 0 bridgehead atoms. The average molecular weight is 375 g/mol. The standard InChI is InChI=1S/C18H22FN5O3/c1-12(16(21)25)15-18(5-6-20,23-9-7-22-8-10-23)24(17(26)27-15)14-4-2-3-13(19)11-14/h2-4,11-12,15,22H,5,7-10H2,1H3,(H2,21,25). The van der Waals surface area contributed by atoms with Crippen molar-refractivity contribution in [3.63, 3.8) is 0 Å². The molecule has 1 aromatic rings. The number of carbonyl (C=O) groups is 2. The highest BCUT2D eigenvalue weighted by atomic mass is 19.1. The molecule has 2 amide bonds. The van der Waals surface area contributed by atoms with Gasteiger partial charge in [0.2, 0.25) is 5.91 Å². The Kier molecular flexibility index (Phi) is 5.30. The van der Waals surface area contributed by atoms with Gasteiger partial charge in [-0.15, -0.1) is 0 Å². The number of nitrogens with one attached hydrogen (secondary N) is 1. The zero-order chi connectivity index (χ0) is 19.6. The minimum absolute atomic E-state index is 0.114. The van der Waals surface area contributed by atoms with E-state index in [-0.39, 0.29) is 12.1 Å². The van der Waals surface area contributed by atoms with Gasteiger partial charge in [0.1, 0.15) is 5.82 Å². The Morgan fingerprint density at radius 3 is 2.81 bits per heavy atom. The number of anilines is 1. The van der Waals surface area contributed by atoms with Crippen molar-refractivity contribution in [2.45, 2.75) is 25.1 Å². The highest BCUT2D eigenvalue weighted by molar-refractivity contribution is 5.93. The smallest absolute Gasteiger partial charge is 0.416 e. The van der Waals surface area contributed by atoms with Gasteiger partial charge in [-0.05, 0) is 25.1 Å². The lowest BCUT2D eigenvalue weighted by molar-refractivity contribution is -0.127. The molecule has 3 unspecified atom stereocenters. The topological polar surface area (TPSA) is 112 Å². The first-order chi connectivity index (χ1) is 12.9. The van der Waals surface area contributed by atoms with Gasteiger partial charge in [-0.3, -0.25) is 14.6 Å². The van der Waals surface area contributed by atoms with Gasteiger partial charge in [-0.1, -0.05) is 6.07 Å². The Labute approximate surface area is 156 Å². The molecule has 8 nitrogen and oxygen atoms in total. The minimum atomic E-state index is -1.25. The van der Waals surface area contributed by atoms with Gasteiger partial charge < -0.3 is 15.8 Å². The fourth-order valence-corrected chi connectivity index (χ4v) is 3.92. The van der Waals surface area contributed by atoms with Crippen LogP contribution in [0.1, 0.15) is 13.3 Å². The Morgan fingerprint density at radius 1 is 1.52 bits per heavy atom. The molecular formula is C18H22FN5O3. The summed E-state index contributed by atoms with van der Waals surface area (Å²) in [5.41, 5.74) is 4.51. The first kappa shape index (κ1) is 19.1. The van der Waals surface area contributed by atoms with E-state index in [9.17, 15) is 19.2 Å². The minimum Gasteiger partial charge on any atom is -0.441 e. The van der Waals surface area contributed by atoms with Crippen molar-refractivity contribution in [1.82, 2.24) is 10.2 Å². The second kappa shape index (κ2) is 7.50. The molecule has 3 N–H and O–H groups in total. The van der Waals surface area contributed by atoms with E-state index in [1.165, 1.54) is 23.1 Å². The second-order valence-electron chi connectivity index (χ2n) is 6.76. The molecule has 0 aromatic heterocycles. The quantitative estimate of drug-likeness (QED) is 0.787. The zero-order valence-corrected chi connectivity index (χ0v) is 15.0. The maximum Gasteiger partial charge on any atom is 0.416 e. The van der Waals surface area contributed by atoms with Crippen LogP contribution in [-0.4, -0.2) is 54.8 Å². The molecule has 2 aliphatic rings. The molecule has 9 heteroatoms. The van der Waals surface area contributed by atoms with Crippen molar-refractivity contribution >= 4 is 17.7 Å². The predicted molar refractivity (Wildman–Crippen MR) is 94.9 cm³/mol. The van der Waals surface area contributed by atoms with E-state index in [1.807, 2.05) is 4.90 Å². The summed E-state index contributed by atoms with van der Waals surface area (Å²) in [6.45, 7) is 3.94. The third-order valence-electron chi connectivity index (χ3n) is 5.23. The molecule has 144 valence electrons. The molecule has 0 radical (unpaired) electrons. The number of cyclic esters (lactones) is 1. The van der Waals surface area contributed by atoms with E-state index in [0.29, 0.717) is 26.2 Å². The molecule has 0 saturated carbocycles. The van der Waals surface area contributed by atoms with Crippen molar-refractivity contribution in [3.05, 3.63) is 30.1 Å². The Balaban J connectivity index is 2.17. The fourth-order valence-electron chi connectivity index (χ4n) is 3.92. The largest absolute Gasteiger partial charge is 0.441 e. The van der Waals surface area contributed by atoms with Gasteiger partial charge in [0.05, 0.1) is 24.1 Å². The molecule has 27 heavy (non-hydrogen) atoms. The summed E-state index contributed by atoms with van der Waals surface area (Å²) in [7, 11) is 0. The average Bonchev–Trinajstić information content (AvgIpc) is 2.95. The zero-order valence-electron chi connectivity index (χ0n) is 15.0. The molecule has 2 aliphatic heterocycles. The maximum atomic E-state index is 13.9. The lowest BCUT2D eigenvalue weighted by Crippen LogP contribution is -2.68. The number of hydrogen-bond donors (Lipinski definition) is 2. The van der Waals surface area contributed by atoms with Crippen LogP contribution >= 0.6 is 0 Å². The first-order valence-corrected chi connectivity index (χ1v) is 8.80. The number of amides is 2. The molecule has 2 saturated heterocycles. The number of nitrogens with zero attached hydrogens (tertiary/aromatic N) is 3. The molecule has 0 aliphatic carbocycles. The van der Waals surface area contributed by atoms with Gasteiger partial charge in [-0.2, -0.15) is 5.26 Å². The summed E-state index contributed by atoms with van der Waals surface area (Å²) < 4.78 is 19.4. The highest BCUT2D eigenvalue weighted by Crippen LogP contribution is 2.43. The second-order valence-corrected chi connectivity index (χ2v) is 6.76. The number of piperazine rings is 1. The number of ether oxygens (including phenoxy) is 1. The van der Waals surface area contributed by atoms with Gasteiger partial charge in [0, 0.05) is 26.2 Å². The fraction of sp³-hybridized carbons (Fsp3) is 0.500. The van der Waals surface area contributed by atoms with Crippen LogP contribution in [0.5, 0.6) is 0 Å². The van der Waals surface area contributed by atoms with Crippen LogP contribution in [0.15, 0.2) is 24.3 Å². The number of carbonyl (C=O) groups excluding carboxylic acids is 2. The predicted octanol–water partition coefficient (Wildman–Crippen LogP) is 0.787. The van der Waals surface area contributed by atoms with E-state index >= 15 is 0 Å². The molecule has 3 atom stereocenters. The van der Waals surface area contributed by atoms with Crippen molar-refractivity contribution < 1.29 is 18.7 Å². The van der Waals surface area contributed by atoms with Gasteiger partial charge in [0.15, 0.2) is 11.8 Å². The van der Waals surface area contributed by atoms with Gasteiger partial charge in [-0.25, -0.2) is 9.18 Å². The number of nitrogens with two attached hydrogens (primary N) is 1. The van der Waals surface area contributed by atoms with E-state index in [2.05, 4.69) is 11.4 Å². The molecule has 1 aromatic carbocycles. The van der Waals surface area contributed by atoms with Crippen molar-refractivity contribution in [2.75, 3.05) is 31.1 Å². The van der Waals surface area contributed by atoms with Crippen molar-refractivity contribution in [2.24, 2.45) is 11.7 Å². The van der Waals surface area contributed by atoms with Crippen LogP contribution in [-0.2, 0) is 9.53 Å². The Hall–Kier alpha value is -2.70. The highest BCUT2D eigenvalue weighted by Gasteiger charge is 2.61. The van der Waals surface area contributed by atoms with E-state index in [0.717, 1.165) is 0 Å². The van der Waals surface area contributed by atoms with Crippen LogP contribution in [0.4, 0.5) is 14.9 Å². The molecule has 3 rings (SSSR count). The van der Waals surface area contributed by atoms with E-state index < -0.39 is 35.5 Å². The number of primary amides is 1. The van der Waals surface area contributed by atoms with Crippen molar-refractivity contribution in [1.29, 1.82) is 5.26 Å². The Bertz CT molecular complexity index is 777.